The van der Waals surface area contributed by atoms with Crippen molar-refractivity contribution in [1.29, 1.82) is 0 Å². The number of rotatable bonds is 3. The molecule has 1 aromatic rings. The number of hydrogen-bond acceptors (Lipinski definition) is 1. The monoisotopic (exact) mass is 166 g/mol. The van der Waals surface area contributed by atoms with Gasteiger partial charge in [-0.15, -0.1) is 11.8 Å². The predicted molar refractivity (Wildman–Crippen MR) is 52.2 cm³/mol. The van der Waals surface area contributed by atoms with E-state index in [0.717, 1.165) is 12.2 Å². The van der Waals surface area contributed by atoms with Gasteiger partial charge in [-0.05, 0) is 29.9 Å². The first-order chi connectivity index (χ1) is 5.36. The molecule has 0 aromatic heterocycles. The predicted octanol–water partition coefficient (Wildman–Crippen LogP) is 3.36. The van der Waals surface area contributed by atoms with Gasteiger partial charge in [-0.25, -0.2) is 0 Å². The molecule has 0 radical (unpaired) electrons. The van der Waals surface area contributed by atoms with Crippen LogP contribution in [0.1, 0.15) is 19.4 Å². The smallest absolute Gasteiger partial charge is 0.00720 e. The van der Waals surface area contributed by atoms with E-state index in [1.807, 2.05) is 11.8 Å². The minimum absolute atomic E-state index is 1.14. The first-order valence-electron chi connectivity index (χ1n) is 4.08. The molecule has 11 heavy (non-hydrogen) atoms. The van der Waals surface area contributed by atoms with Gasteiger partial charge in [0.2, 0.25) is 0 Å². The van der Waals surface area contributed by atoms with Crippen molar-refractivity contribution in [3.8, 4) is 0 Å². The molecular weight excluding hydrogens is 152 g/mol. The average molecular weight is 166 g/mol. The van der Waals surface area contributed by atoms with Crippen molar-refractivity contribution in [3.05, 3.63) is 29.8 Å². The highest BCUT2D eigenvalue weighted by atomic mass is 32.2. The van der Waals surface area contributed by atoms with Crippen LogP contribution in [0.15, 0.2) is 29.2 Å². The highest BCUT2D eigenvalue weighted by molar-refractivity contribution is 7.99. The summed E-state index contributed by atoms with van der Waals surface area (Å²) in [5, 5.41) is 0. The van der Waals surface area contributed by atoms with E-state index in [-0.39, 0.29) is 0 Å². The van der Waals surface area contributed by atoms with Gasteiger partial charge in [-0.1, -0.05) is 26.0 Å². The lowest BCUT2D eigenvalue weighted by Gasteiger charge is -1.99. The Bertz CT molecular complexity index is 201. The Morgan fingerprint density at radius 3 is 2.18 bits per heavy atom. The summed E-state index contributed by atoms with van der Waals surface area (Å²) in [7, 11) is 0. The SMILES string of the molecule is CCSc1ccc(CC)cc1. The molecule has 0 saturated carbocycles. The van der Waals surface area contributed by atoms with Crippen LogP contribution in [-0.2, 0) is 6.42 Å². The molecule has 0 amide bonds. The van der Waals surface area contributed by atoms with Crippen molar-refractivity contribution in [2.24, 2.45) is 0 Å². The van der Waals surface area contributed by atoms with Crippen molar-refractivity contribution < 1.29 is 0 Å². The lowest BCUT2D eigenvalue weighted by Crippen LogP contribution is -1.78. The van der Waals surface area contributed by atoms with Crippen molar-refractivity contribution in [1.82, 2.24) is 0 Å². The molecule has 0 atom stereocenters. The van der Waals surface area contributed by atoms with Crippen molar-refractivity contribution in [3.63, 3.8) is 0 Å². The van der Waals surface area contributed by atoms with E-state index in [1.165, 1.54) is 10.5 Å². The first kappa shape index (κ1) is 8.66. The van der Waals surface area contributed by atoms with Gasteiger partial charge < -0.3 is 0 Å². The summed E-state index contributed by atoms with van der Waals surface area (Å²) in [6.45, 7) is 4.36. The van der Waals surface area contributed by atoms with E-state index in [9.17, 15) is 0 Å². The molecule has 1 heteroatoms. The lowest BCUT2D eigenvalue weighted by molar-refractivity contribution is 1.13. The molecule has 0 spiro atoms. The second-order valence-electron chi connectivity index (χ2n) is 2.43. The van der Waals surface area contributed by atoms with E-state index in [4.69, 9.17) is 0 Å². The zero-order valence-corrected chi connectivity index (χ0v) is 7.95. The van der Waals surface area contributed by atoms with Gasteiger partial charge >= 0.3 is 0 Å². The van der Waals surface area contributed by atoms with Gasteiger partial charge in [0.25, 0.3) is 0 Å². The maximum Gasteiger partial charge on any atom is 0.00720 e. The van der Waals surface area contributed by atoms with Crippen LogP contribution < -0.4 is 0 Å². The Morgan fingerprint density at radius 1 is 1.09 bits per heavy atom. The molecule has 0 aliphatic carbocycles. The van der Waals surface area contributed by atoms with Gasteiger partial charge in [-0.3, -0.25) is 0 Å². The average Bonchev–Trinajstić information content (AvgIpc) is 2.07. The standard InChI is InChI=1S/C10H14S/c1-3-9-5-7-10(8-6-9)11-4-2/h5-8H,3-4H2,1-2H3. The van der Waals surface area contributed by atoms with Crippen LogP contribution in [0.5, 0.6) is 0 Å². The Labute approximate surface area is 73.0 Å². The Morgan fingerprint density at radius 2 is 1.73 bits per heavy atom. The fourth-order valence-corrected chi connectivity index (χ4v) is 1.65. The molecule has 0 nitrogen and oxygen atoms in total. The third-order valence-electron chi connectivity index (χ3n) is 1.64. The normalized spacial score (nSPS) is 10.0. The van der Waals surface area contributed by atoms with Crippen molar-refractivity contribution in [2.45, 2.75) is 25.2 Å². The summed E-state index contributed by atoms with van der Waals surface area (Å²) >= 11 is 1.89. The van der Waals surface area contributed by atoms with E-state index in [0.29, 0.717) is 0 Å². The van der Waals surface area contributed by atoms with Gasteiger partial charge in [0.1, 0.15) is 0 Å². The van der Waals surface area contributed by atoms with Gasteiger partial charge in [0.05, 0.1) is 0 Å². The van der Waals surface area contributed by atoms with Crippen molar-refractivity contribution >= 4 is 11.8 Å². The molecule has 0 saturated heterocycles. The van der Waals surface area contributed by atoms with Crippen LogP contribution >= 0.6 is 11.8 Å². The number of hydrogen-bond donors (Lipinski definition) is 0. The van der Waals surface area contributed by atoms with Gasteiger partial charge in [0.15, 0.2) is 0 Å². The number of thioether (sulfide) groups is 1. The zero-order chi connectivity index (χ0) is 8.10. The molecule has 1 rings (SSSR count). The third-order valence-corrected chi connectivity index (χ3v) is 2.54. The highest BCUT2D eigenvalue weighted by Crippen LogP contribution is 2.17. The van der Waals surface area contributed by atoms with Crippen LogP contribution in [0.3, 0.4) is 0 Å². The Kier molecular flexibility index (Phi) is 3.50. The molecular formula is C10H14S. The van der Waals surface area contributed by atoms with Gasteiger partial charge in [0, 0.05) is 4.90 Å². The Balaban J connectivity index is 2.66. The minimum Gasteiger partial charge on any atom is -0.126 e. The second-order valence-corrected chi connectivity index (χ2v) is 3.77. The highest BCUT2D eigenvalue weighted by Gasteiger charge is 1.90. The molecule has 0 unspecified atom stereocenters. The largest absolute Gasteiger partial charge is 0.126 e. The lowest BCUT2D eigenvalue weighted by atomic mass is 10.2. The van der Waals surface area contributed by atoms with Gasteiger partial charge in [-0.2, -0.15) is 0 Å². The summed E-state index contributed by atoms with van der Waals surface area (Å²) in [6, 6.07) is 8.82. The summed E-state index contributed by atoms with van der Waals surface area (Å²) in [5.74, 6) is 1.16. The topological polar surface area (TPSA) is 0 Å². The fraction of sp³-hybridized carbons (Fsp3) is 0.400. The molecule has 1 aromatic carbocycles. The number of benzene rings is 1. The molecule has 0 fully saturated rings. The molecule has 0 aliphatic heterocycles. The summed E-state index contributed by atoms with van der Waals surface area (Å²) in [4.78, 5) is 1.38. The fourth-order valence-electron chi connectivity index (χ4n) is 0.988. The van der Waals surface area contributed by atoms with Crippen LogP contribution in [0.25, 0.3) is 0 Å². The first-order valence-corrected chi connectivity index (χ1v) is 5.07. The molecule has 0 aliphatic rings. The molecule has 60 valence electrons. The van der Waals surface area contributed by atoms with E-state index >= 15 is 0 Å². The molecule has 0 N–H and O–H groups in total. The summed E-state index contributed by atoms with van der Waals surface area (Å²) < 4.78 is 0. The maximum absolute atomic E-state index is 2.21. The van der Waals surface area contributed by atoms with E-state index in [2.05, 4.69) is 38.1 Å². The van der Waals surface area contributed by atoms with Crippen LogP contribution in [0, 0.1) is 0 Å². The summed E-state index contributed by atoms with van der Waals surface area (Å²) in [6.07, 6.45) is 1.14. The zero-order valence-electron chi connectivity index (χ0n) is 7.13. The minimum atomic E-state index is 1.14. The van der Waals surface area contributed by atoms with Crippen LogP contribution in [0.4, 0.5) is 0 Å². The quantitative estimate of drug-likeness (QED) is 0.620. The van der Waals surface area contributed by atoms with Crippen LogP contribution in [0.2, 0.25) is 0 Å². The van der Waals surface area contributed by atoms with Crippen LogP contribution in [-0.4, -0.2) is 5.75 Å². The maximum atomic E-state index is 2.21. The molecule has 0 bridgehead atoms. The van der Waals surface area contributed by atoms with E-state index < -0.39 is 0 Å². The number of aryl methyl sites for hydroxylation is 1. The second kappa shape index (κ2) is 4.45. The van der Waals surface area contributed by atoms with E-state index in [1.54, 1.807) is 0 Å². The van der Waals surface area contributed by atoms with Crippen molar-refractivity contribution in [2.75, 3.05) is 5.75 Å². The Hall–Kier alpha value is -0.430. The molecule has 0 heterocycles. The third kappa shape index (κ3) is 2.58. The summed E-state index contributed by atoms with van der Waals surface area (Å²) in [5.41, 5.74) is 1.42.